The van der Waals surface area contributed by atoms with Gasteiger partial charge in [0, 0.05) is 3.57 Å². The van der Waals surface area contributed by atoms with E-state index in [2.05, 4.69) is 96.3 Å². The molecule has 0 amide bonds. The van der Waals surface area contributed by atoms with Crippen molar-refractivity contribution in [2.45, 2.75) is 20.5 Å². The molecule has 2 nitrogen and oxygen atoms in total. The van der Waals surface area contributed by atoms with E-state index in [9.17, 15) is 4.79 Å². The fourth-order valence-corrected chi connectivity index (χ4v) is 4.17. The van der Waals surface area contributed by atoms with Gasteiger partial charge in [-0.1, -0.05) is 72.8 Å². The quantitative estimate of drug-likeness (QED) is 0.133. The molecule has 0 radical (unpaired) electrons. The van der Waals surface area contributed by atoms with Crippen molar-refractivity contribution in [1.82, 2.24) is 0 Å². The first-order chi connectivity index (χ1) is 16.0. The lowest BCUT2D eigenvalue weighted by Gasteiger charge is -2.12. The van der Waals surface area contributed by atoms with Crippen molar-refractivity contribution in [2.24, 2.45) is 0 Å². The summed E-state index contributed by atoms with van der Waals surface area (Å²) in [5.74, 6) is 0.601. The molecule has 0 atom stereocenters. The Morgan fingerprint density at radius 3 is 2.24 bits per heavy atom. The third-order valence-electron chi connectivity index (χ3n) is 5.74. The minimum atomic E-state index is 0.419. The highest BCUT2D eigenvalue weighted by Crippen LogP contribution is 2.28. The highest BCUT2D eigenvalue weighted by atomic mass is 127. The molecule has 4 aromatic carbocycles. The van der Waals surface area contributed by atoms with Gasteiger partial charge in [-0.05, 0) is 99.6 Å². The summed E-state index contributed by atoms with van der Waals surface area (Å²) >= 11 is 2.28. The monoisotopic (exact) mass is 544 g/mol. The number of hydrogen-bond acceptors (Lipinski definition) is 2. The van der Waals surface area contributed by atoms with E-state index < -0.39 is 0 Å². The van der Waals surface area contributed by atoms with Gasteiger partial charge in [0.15, 0.2) is 6.29 Å². The molecule has 0 bridgehead atoms. The largest absolute Gasteiger partial charge is 0.488 e. The zero-order valence-electron chi connectivity index (χ0n) is 18.7. The zero-order valence-corrected chi connectivity index (χ0v) is 20.9. The molecule has 0 fully saturated rings. The third-order valence-corrected chi connectivity index (χ3v) is 6.46. The van der Waals surface area contributed by atoms with Crippen LogP contribution in [0.1, 0.15) is 38.2 Å². The molecule has 0 heterocycles. The van der Waals surface area contributed by atoms with Crippen LogP contribution in [-0.4, -0.2) is 6.29 Å². The van der Waals surface area contributed by atoms with Gasteiger partial charge in [0.25, 0.3) is 0 Å². The number of ether oxygens (including phenoxy) is 1. The van der Waals surface area contributed by atoms with Gasteiger partial charge < -0.3 is 4.74 Å². The van der Waals surface area contributed by atoms with Gasteiger partial charge in [0.05, 0.1) is 5.56 Å². The number of benzene rings is 4. The van der Waals surface area contributed by atoms with Crippen molar-refractivity contribution in [1.29, 1.82) is 0 Å². The Morgan fingerprint density at radius 1 is 0.788 bits per heavy atom. The summed E-state index contributed by atoms with van der Waals surface area (Å²) in [7, 11) is 0. The molecule has 0 aliphatic heterocycles. The van der Waals surface area contributed by atoms with Crippen LogP contribution in [0.5, 0.6) is 5.75 Å². The summed E-state index contributed by atoms with van der Waals surface area (Å²) in [4.78, 5) is 11.6. The Balaban J connectivity index is 1.61. The standard InChI is InChI=1S/C30H25IO2/c1-21-17-27(19-32)30(33-20-23-11-15-28(31)16-12-23)18-26(21)14-13-24-9-6-10-29(22(24)2)25-7-4-3-5-8-25/h3-19H,20H2,1-2H3/b14-13+. The summed E-state index contributed by atoms with van der Waals surface area (Å²) in [6, 6.07) is 28.8. The molecular formula is C30H25IO2. The van der Waals surface area contributed by atoms with Gasteiger partial charge in [-0.25, -0.2) is 0 Å². The van der Waals surface area contributed by atoms with Gasteiger partial charge in [0.2, 0.25) is 0 Å². The molecule has 4 rings (SSSR count). The lowest BCUT2D eigenvalue weighted by molar-refractivity contribution is 0.111. The van der Waals surface area contributed by atoms with E-state index in [1.165, 1.54) is 20.3 Å². The molecule has 0 unspecified atom stereocenters. The number of carbonyl (C=O) groups excluding carboxylic acids is 1. The molecule has 0 saturated heterocycles. The van der Waals surface area contributed by atoms with Gasteiger partial charge in [-0.3, -0.25) is 4.79 Å². The van der Waals surface area contributed by atoms with Crippen molar-refractivity contribution in [3.8, 4) is 16.9 Å². The van der Waals surface area contributed by atoms with Crippen molar-refractivity contribution >= 4 is 41.0 Å². The smallest absolute Gasteiger partial charge is 0.153 e. The lowest BCUT2D eigenvalue weighted by Crippen LogP contribution is -2.00. The average Bonchev–Trinajstić information content (AvgIpc) is 2.84. The van der Waals surface area contributed by atoms with E-state index in [4.69, 9.17) is 4.74 Å². The minimum absolute atomic E-state index is 0.419. The SMILES string of the molecule is Cc1cc(C=O)c(OCc2ccc(I)cc2)cc1/C=C/c1cccc(-c2ccccc2)c1C. The number of hydrogen-bond donors (Lipinski definition) is 0. The normalized spacial score (nSPS) is 11.0. The minimum Gasteiger partial charge on any atom is -0.488 e. The topological polar surface area (TPSA) is 26.3 Å². The fourth-order valence-electron chi connectivity index (χ4n) is 3.81. The van der Waals surface area contributed by atoms with Gasteiger partial charge >= 0.3 is 0 Å². The number of halogens is 1. The highest BCUT2D eigenvalue weighted by Gasteiger charge is 2.09. The number of aldehydes is 1. The van der Waals surface area contributed by atoms with Crippen LogP contribution in [0.15, 0.2) is 84.9 Å². The Morgan fingerprint density at radius 2 is 1.52 bits per heavy atom. The maximum atomic E-state index is 11.6. The third kappa shape index (κ3) is 5.60. The second kappa shape index (κ2) is 10.6. The van der Waals surface area contributed by atoms with Crippen LogP contribution in [0.2, 0.25) is 0 Å². The molecule has 33 heavy (non-hydrogen) atoms. The van der Waals surface area contributed by atoms with Crippen LogP contribution in [0.4, 0.5) is 0 Å². The first kappa shape index (κ1) is 23.0. The maximum absolute atomic E-state index is 11.6. The van der Waals surface area contributed by atoms with Crippen molar-refractivity contribution in [3.05, 3.63) is 122 Å². The molecule has 0 aromatic heterocycles. The first-order valence-corrected chi connectivity index (χ1v) is 11.9. The fraction of sp³-hybridized carbons (Fsp3) is 0.100. The Hall–Kier alpha value is -3.18. The molecular weight excluding hydrogens is 519 g/mol. The molecule has 164 valence electrons. The predicted molar refractivity (Wildman–Crippen MR) is 146 cm³/mol. The number of rotatable bonds is 7. The Labute approximate surface area is 209 Å². The van der Waals surface area contributed by atoms with Crippen LogP contribution in [-0.2, 0) is 6.61 Å². The molecule has 3 heteroatoms. The number of aryl methyl sites for hydroxylation is 1. The maximum Gasteiger partial charge on any atom is 0.153 e. The van der Waals surface area contributed by atoms with E-state index in [1.54, 1.807) is 0 Å². The summed E-state index contributed by atoms with van der Waals surface area (Å²) in [6.45, 7) is 4.59. The Bertz CT molecular complexity index is 1290. The molecule has 0 aliphatic carbocycles. The lowest BCUT2D eigenvalue weighted by atomic mass is 9.95. The molecule has 4 aromatic rings. The first-order valence-electron chi connectivity index (χ1n) is 10.9. The van der Waals surface area contributed by atoms with E-state index in [-0.39, 0.29) is 0 Å². The zero-order chi connectivity index (χ0) is 23.2. The van der Waals surface area contributed by atoms with E-state index in [0.717, 1.165) is 28.5 Å². The average molecular weight is 544 g/mol. The van der Waals surface area contributed by atoms with Crippen LogP contribution in [0, 0.1) is 17.4 Å². The van der Waals surface area contributed by atoms with Gasteiger partial charge in [0.1, 0.15) is 12.4 Å². The molecule has 0 N–H and O–H groups in total. The van der Waals surface area contributed by atoms with Gasteiger partial charge in [-0.15, -0.1) is 0 Å². The van der Waals surface area contributed by atoms with Crippen molar-refractivity contribution in [3.63, 3.8) is 0 Å². The molecule has 0 aliphatic rings. The summed E-state index contributed by atoms with van der Waals surface area (Å²) in [6.07, 6.45) is 5.09. The van der Waals surface area contributed by atoms with Crippen molar-refractivity contribution in [2.75, 3.05) is 0 Å². The van der Waals surface area contributed by atoms with Crippen LogP contribution >= 0.6 is 22.6 Å². The van der Waals surface area contributed by atoms with Crippen molar-refractivity contribution < 1.29 is 9.53 Å². The van der Waals surface area contributed by atoms with Crippen LogP contribution < -0.4 is 4.74 Å². The molecule has 0 spiro atoms. The van der Waals surface area contributed by atoms with E-state index >= 15 is 0 Å². The van der Waals surface area contributed by atoms with E-state index in [0.29, 0.717) is 17.9 Å². The second-order valence-corrected chi connectivity index (χ2v) is 9.24. The van der Waals surface area contributed by atoms with Crippen LogP contribution in [0.25, 0.3) is 23.3 Å². The summed E-state index contributed by atoms with van der Waals surface area (Å²) in [5, 5.41) is 0. The van der Waals surface area contributed by atoms with E-state index in [1.807, 2.05) is 37.3 Å². The van der Waals surface area contributed by atoms with Gasteiger partial charge in [-0.2, -0.15) is 0 Å². The summed E-state index contributed by atoms with van der Waals surface area (Å²) < 4.78 is 7.21. The highest BCUT2D eigenvalue weighted by molar-refractivity contribution is 14.1. The Kier molecular flexibility index (Phi) is 7.40. The second-order valence-electron chi connectivity index (χ2n) is 8.00. The molecule has 0 saturated carbocycles. The predicted octanol–water partition coefficient (Wildman–Crippen LogP) is 8.14. The van der Waals surface area contributed by atoms with Crippen LogP contribution in [0.3, 0.4) is 0 Å². The summed E-state index contributed by atoms with van der Waals surface area (Å²) in [5.41, 5.74) is 8.54. The number of carbonyl (C=O) groups is 1.